The van der Waals surface area contributed by atoms with Crippen LogP contribution in [-0.2, 0) is 22.0 Å². The number of anilines is 1. The predicted molar refractivity (Wildman–Crippen MR) is 153 cm³/mol. The van der Waals surface area contributed by atoms with Crippen molar-refractivity contribution in [1.82, 2.24) is 15.0 Å². The average Bonchev–Trinajstić information content (AvgIpc) is 3.31. The SMILES string of the molecule is Cc1cc(-c2cc3sc(-c4nnn(C)c4NC(=O)O[C@H](C)c4ccccc4)cc3s2)ccc1C1(C(=O)O)CC1. The third-order valence-electron chi connectivity index (χ3n) is 7.23. The lowest BCUT2D eigenvalue weighted by Gasteiger charge is -2.14. The first-order valence-electron chi connectivity index (χ1n) is 12.6. The molecule has 39 heavy (non-hydrogen) atoms. The van der Waals surface area contributed by atoms with E-state index in [-0.39, 0.29) is 0 Å². The van der Waals surface area contributed by atoms with Crippen molar-refractivity contribution in [3.05, 3.63) is 77.4 Å². The molecule has 6 rings (SSSR count). The summed E-state index contributed by atoms with van der Waals surface area (Å²) in [6.07, 6.45) is 0.415. The monoisotopic (exact) mass is 558 g/mol. The van der Waals surface area contributed by atoms with E-state index in [1.807, 2.05) is 56.3 Å². The van der Waals surface area contributed by atoms with E-state index in [2.05, 4.69) is 33.8 Å². The maximum absolute atomic E-state index is 12.7. The fraction of sp³-hybridized carbons (Fsp3) is 0.241. The Morgan fingerprint density at radius 3 is 2.41 bits per heavy atom. The quantitative estimate of drug-likeness (QED) is 0.220. The molecule has 0 bridgehead atoms. The zero-order chi connectivity index (χ0) is 27.3. The molecular weight excluding hydrogens is 532 g/mol. The maximum atomic E-state index is 12.7. The van der Waals surface area contributed by atoms with Crippen LogP contribution in [0.25, 0.3) is 30.4 Å². The second-order valence-corrected chi connectivity index (χ2v) is 12.0. The number of carbonyl (C=O) groups excluding carboxylic acids is 1. The molecule has 1 aliphatic carbocycles. The molecule has 198 valence electrons. The number of carboxylic acid groups (broad SMARTS) is 1. The highest BCUT2D eigenvalue weighted by molar-refractivity contribution is 7.31. The Hall–Kier alpha value is -4.02. The number of aromatic nitrogens is 3. The summed E-state index contributed by atoms with van der Waals surface area (Å²) < 4.78 is 9.31. The van der Waals surface area contributed by atoms with Gasteiger partial charge in [-0.15, -0.1) is 27.8 Å². The van der Waals surface area contributed by atoms with Crippen LogP contribution in [0.4, 0.5) is 10.6 Å². The van der Waals surface area contributed by atoms with Gasteiger partial charge < -0.3 is 9.84 Å². The summed E-state index contributed by atoms with van der Waals surface area (Å²) in [6.45, 7) is 3.82. The minimum Gasteiger partial charge on any atom is -0.481 e. The minimum absolute atomic E-state index is 0.405. The molecule has 8 nitrogen and oxygen atoms in total. The number of aryl methyl sites for hydroxylation is 2. The Balaban J connectivity index is 1.22. The van der Waals surface area contributed by atoms with E-state index in [4.69, 9.17) is 4.74 Å². The molecule has 0 aliphatic heterocycles. The van der Waals surface area contributed by atoms with Crippen molar-refractivity contribution in [2.45, 2.75) is 38.2 Å². The van der Waals surface area contributed by atoms with Crippen molar-refractivity contribution in [2.24, 2.45) is 7.05 Å². The first-order chi connectivity index (χ1) is 18.7. The third-order valence-corrected chi connectivity index (χ3v) is 9.58. The first kappa shape index (κ1) is 25.3. The van der Waals surface area contributed by atoms with Crippen LogP contribution in [-0.4, -0.2) is 32.2 Å². The molecule has 1 aliphatic rings. The molecule has 3 heterocycles. The molecule has 1 atom stereocenters. The van der Waals surface area contributed by atoms with Gasteiger partial charge in [-0.2, -0.15) is 0 Å². The van der Waals surface area contributed by atoms with E-state index in [9.17, 15) is 14.7 Å². The van der Waals surface area contributed by atoms with Crippen molar-refractivity contribution in [3.8, 4) is 21.0 Å². The lowest BCUT2D eigenvalue weighted by atomic mass is 9.90. The molecule has 3 aromatic heterocycles. The van der Waals surface area contributed by atoms with Gasteiger partial charge in [-0.05, 0) is 61.1 Å². The van der Waals surface area contributed by atoms with Crippen LogP contribution < -0.4 is 5.32 Å². The van der Waals surface area contributed by atoms with Gasteiger partial charge in [0.25, 0.3) is 0 Å². The molecule has 2 aromatic carbocycles. The van der Waals surface area contributed by atoms with Gasteiger partial charge in [-0.25, -0.2) is 9.48 Å². The van der Waals surface area contributed by atoms with Crippen LogP contribution in [0.15, 0.2) is 60.7 Å². The number of aliphatic carboxylic acids is 1. The van der Waals surface area contributed by atoms with E-state index in [0.717, 1.165) is 41.4 Å². The minimum atomic E-state index is -0.737. The molecule has 0 radical (unpaired) electrons. The smallest absolute Gasteiger partial charge is 0.413 e. The Morgan fingerprint density at radius 2 is 1.74 bits per heavy atom. The molecule has 1 fully saturated rings. The number of benzene rings is 2. The number of nitrogens with one attached hydrogen (secondary N) is 1. The average molecular weight is 559 g/mol. The lowest BCUT2D eigenvalue weighted by molar-refractivity contribution is -0.140. The van der Waals surface area contributed by atoms with Crippen molar-refractivity contribution in [3.63, 3.8) is 0 Å². The Bertz CT molecular complexity index is 1680. The first-order valence-corrected chi connectivity index (χ1v) is 14.2. The van der Waals surface area contributed by atoms with Gasteiger partial charge in [0.05, 0.1) is 10.3 Å². The number of carbonyl (C=O) groups is 2. The Kier molecular flexibility index (Phi) is 6.23. The summed E-state index contributed by atoms with van der Waals surface area (Å²) in [5.74, 6) is -0.271. The van der Waals surface area contributed by atoms with Crippen molar-refractivity contribution in [1.29, 1.82) is 0 Å². The summed E-state index contributed by atoms with van der Waals surface area (Å²) >= 11 is 3.25. The van der Waals surface area contributed by atoms with E-state index in [1.54, 1.807) is 29.7 Å². The fourth-order valence-electron chi connectivity index (χ4n) is 4.91. The van der Waals surface area contributed by atoms with Gasteiger partial charge in [0, 0.05) is 21.3 Å². The molecule has 2 N–H and O–H groups in total. The van der Waals surface area contributed by atoms with Crippen LogP contribution in [0.5, 0.6) is 0 Å². The molecule has 1 amide bonds. The number of carboxylic acids is 1. The van der Waals surface area contributed by atoms with Crippen molar-refractivity contribution >= 4 is 50.0 Å². The number of amides is 1. The van der Waals surface area contributed by atoms with Crippen molar-refractivity contribution in [2.75, 3.05) is 5.32 Å². The Labute approximate surface area is 232 Å². The van der Waals surface area contributed by atoms with Gasteiger partial charge in [0.1, 0.15) is 11.8 Å². The molecule has 0 spiro atoms. The third kappa shape index (κ3) is 4.59. The van der Waals surface area contributed by atoms with E-state index in [0.29, 0.717) is 24.4 Å². The molecule has 0 unspecified atom stereocenters. The van der Waals surface area contributed by atoms with Crippen molar-refractivity contribution < 1.29 is 19.4 Å². The van der Waals surface area contributed by atoms with Crippen LogP contribution in [0.3, 0.4) is 0 Å². The molecule has 10 heteroatoms. The summed E-state index contributed by atoms with van der Waals surface area (Å²) in [5.41, 5.74) is 3.78. The number of fused-ring (bicyclic) bond motifs is 1. The molecule has 1 saturated carbocycles. The number of hydrogen-bond donors (Lipinski definition) is 2. The number of thiophene rings is 2. The Morgan fingerprint density at radius 1 is 1.05 bits per heavy atom. The maximum Gasteiger partial charge on any atom is 0.413 e. The number of ether oxygens (including phenoxy) is 1. The zero-order valence-corrected chi connectivity index (χ0v) is 23.2. The van der Waals surface area contributed by atoms with E-state index in [1.165, 1.54) is 4.68 Å². The topological polar surface area (TPSA) is 106 Å². The largest absolute Gasteiger partial charge is 0.481 e. The summed E-state index contributed by atoms with van der Waals surface area (Å²) in [5, 5.41) is 20.9. The van der Waals surface area contributed by atoms with Gasteiger partial charge in [-0.1, -0.05) is 53.7 Å². The number of rotatable bonds is 7. The molecule has 0 saturated heterocycles. The van der Waals surface area contributed by atoms with Gasteiger partial charge >= 0.3 is 12.1 Å². The summed E-state index contributed by atoms with van der Waals surface area (Å²) in [7, 11) is 1.73. The fourth-order valence-corrected chi connectivity index (χ4v) is 7.29. The standard InChI is InChI=1S/C29H26N4O4S2/c1-16-13-19(9-10-20(16)29(11-12-29)27(34)35)21-14-22-23(38-21)15-24(39-22)25-26(33(3)32-31-25)30-28(36)37-17(2)18-7-5-4-6-8-18/h4-10,13-15,17H,11-12H2,1-3H3,(H,30,36)(H,34,35)/t17-/m1/s1. The van der Waals surface area contributed by atoms with Crippen LogP contribution in [0, 0.1) is 6.92 Å². The zero-order valence-electron chi connectivity index (χ0n) is 21.6. The molecular formula is C29H26N4O4S2. The highest BCUT2D eigenvalue weighted by atomic mass is 32.1. The highest BCUT2D eigenvalue weighted by Crippen LogP contribution is 2.50. The highest BCUT2D eigenvalue weighted by Gasteiger charge is 2.52. The van der Waals surface area contributed by atoms with Crippen LogP contribution in [0.1, 0.15) is 42.6 Å². The second-order valence-electron chi connectivity index (χ2n) is 9.86. The lowest BCUT2D eigenvalue weighted by Crippen LogP contribution is -2.20. The normalized spacial score (nSPS) is 14.7. The summed E-state index contributed by atoms with van der Waals surface area (Å²) in [6, 6.07) is 19.8. The van der Waals surface area contributed by atoms with Crippen LogP contribution in [0.2, 0.25) is 0 Å². The molecule has 5 aromatic rings. The summed E-state index contributed by atoms with van der Waals surface area (Å²) in [4.78, 5) is 26.5. The van der Waals surface area contributed by atoms with E-state index < -0.39 is 23.6 Å². The number of hydrogen-bond acceptors (Lipinski definition) is 7. The van der Waals surface area contributed by atoms with Gasteiger partial charge in [-0.3, -0.25) is 10.1 Å². The number of nitrogens with zero attached hydrogens (tertiary/aromatic N) is 3. The second kappa shape index (κ2) is 9.62. The van der Waals surface area contributed by atoms with Crippen LogP contribution >= 0.6 is 22.7 Å². The predicted octanol–water partition coefficient (Wildman–Crippen LogP) is 7.16. The van der Waals surface area contributed by atoms with E-state index >= 15 is 0 Å². The van der Waals surface area contributed by atoms with Gasteiger partial charge in [0.2, 0.25) is 0 Å². The van der Waals surface area contributed by atoms with Gasteiger partial charge in [0.15, 0.2) is 5.82 Å².